The summed E-state index contributed by atoms with van der Waals surface area (Å²) in [6.45, 7) is 1.81. The molecule has 1 aromatic carbocycles. The van der Waals surface area contributed by atoms with Gasteiger partial charge in [-0.1, -0.05) is 42.4 Å². The molecule has 3 rings (SSSR count). The maximum Gasteiger partial charge on any atom is 0.213 e. The molecule has 0 saturated carbocycles. The van der Waals surface area contributed by atoms with E-state index < -0.39 is 0 Å². The van der Waals surface area contributed by atoms with Crippen molar-refractivity contribution in [1.29, 1.82) is 0 Å². The van der Waals surface area contributed by atoms with E-state index in [1.54, 1.807) is 24.1 Å². The number of ether oxygens (including phenoxy) is 1. The zero-order valence-corrected chi connectivity index (χ0v) is 13.4. The number of hydrogen-bond donors (Lipinski definition) is 0. The van der Waals surface area contributed by atoms with Crippen molar-refractivity contribution in [3.63, 3.8) is 0 Å². The molecule has 0 amide bonds. The van der Waals surface area contributed by atoms with Gasteiger partial charge in [-0.3, -0.25) is 0 Å². The van der Waals surface area contributed by atoms with E-state index in [9.17, 15) is 0 Å². The highest BCUT2D eigenvalue weighted by atomic mass is 16.5. The molecular weight excluding hydrogens is 304 g/mol. The Morgan fingerprint density at radius 2 is 2.00 bits per heavy atom. The van der Waals surface area contributed by atoms with Crippen LogP contribution in [-0.4, -0.2) is 21.9 Å². The molecule has 24 heavy (non-hydrogen) atoms. The maximum absolute atomic E-state index is 8.67. The fourth-order valence-electron chi connectivity index (χ4n) is 2.37. The topological polar surface area (TPSA) is 88.7 Å². The standard InChI is InChI=1S/C17H16N6O/c1-12(20-22-18)15-10-16(13-6-4-3-5-7-13)23(21-15)14-8-9-17(24-2)19-11-14/h3-12H,1-2H3. The van der Waals surface area contributed by atoms with Gasteiger partial charge in [0, 0.05) is 16.5 Å². The number of methoxy groups -OCH3 is 1. The van der Waals surface area contributed by atoms with Crippen LogP contribution in [0.3, 0.4) is 0 Å². The van der Waals surface area contributed by atoms with Crippen LogP contribution in [0.2, 0.25) is 0 Å². The summed E-state index contributed by atoms with van der Waals surface area (Å²) in [6, 6.07) is 15.1. The minimum Gasteiger partial charge on any atom is -0.481 e. The van der Waals surface area contributed by atoms with E-state index in [1.165, 1.54) is 0 Å². The van der Waals surface area contributed by atoms with Crippen LogP contribution < -0.4 is 4.74 Å². The summed E-state index contributed by atoms with van der Waals surface area (Å²) < 4.78 is 6.89. The molecular formula is C17H16N6O. The second-order valence-corrected chi connectivity index (χ2v) is 5.17. The lowest BCUT2D eigenvalue weighted by Gasteiger charge is -2.08. The lowest BCUT2D eigenvalue weighted by molar-refractivity contribution is 0.397. The number of benzene rings is 1. The van der Waals surface area contributed by atoms with Crippen LogP contribution in [0, 0.1) is 0 Å². The first-order valence-corrected chi connectivity index (χ1v) is 7.43. The van der Waals surface area contributed by atoms with Crippen LogP contribution >= 0.6 is 0 Å². The number of azide groups is 1. The van der Waals surface area contributed by atoms with E-state index in [0.29, 0.717) is 11.6 Å². The molecule has 0 saturated heterocycles. The Morgan fingerprint density at radius 1 is 1.21 bits per heavy atom. The molecule has 0 spiro atoms. The summed E-state index contributed by atoms with van der Waals surface area (Å²) >= 11 is 0. The van der Waals surface area contributed by atoms with Gasteiger partial charge in [-0.2, -0.15) is 5.10 Å². The zero-order chi connectivity index (χ0) is 16.9. The second-order valence-electron chi connectivity index (χ2n) is 5.17. The third-order valence-corrected chi connectivity index (χ3v) is 3.63. The van der Waals surface area contributed by atoms with Crippen molar-refractivity contribution in [3.05, 3.63) is 70.9 Å². The first kappa shape index (κ1) is 15.6. The van der Waals surface area contributed by atoms with Crippen molar-refractivity contribution >= 4 is 0 Å². The first-order chi connectivity index (χ1) is 11.7. The summed E-state index contributed by atoms with van der Waals surface area (Å²) in [5.41, 5.74) is 12.1. The highest BCUT2D eigenvalue weighted by Gasteiger charge is 2.15. The van der Waals surface area contributed by atoms with Crippen LogP contribution in [0.4, 0.5) is 0 Å². The Kier molecular flexibility index (Phi) is 4.45. The summed E-state index contributed by atoms with van der Waals surface area (Å²) in [6.07, 6.45) is 1.69. The van der Waals surface area contributed by atoms with Gasteiger partial charge in [0.05, 0.1) is 36.4 Å². The fraction of sp³-hybridized carbons (Fsp3) is 0.176. The van der Waals surface area contributed by atoms with Gasteiger partial charge in [-0.15, -0.1) is 0 Å². The minimum atomic E-state index is -0.357. The average Bonchev–Trinajstić information content (AvgIpc) is 3.08. The van der Waals surface area contributed by atoms with Crippen LogP contribution in [0.5, 0.6) is 5.88 Å². The Balaban J connectivity index is 2.13. The Bertz CT molecular complexity index is 866. The van der Waals surface area contributed by atoms with Gasteiger partial charge in [0.25, 0.3) is 0 Å². The fourth-order valence-corrected chi connectivity index (χ4v) is 2.37. The predicted octanol–water partition coefficient (Wildman–Crippen LogP) is 4.31. The second kappa shape index (κ2) is 6.85. The molecule has 1 atom stereocenters. The molecule has 0 bridgehead atoms. The normalized spacial score (nSPS) is 11.6. The lowest BCUT2D eigenvalue weighted by Crippen LogP contribution is -2.01. The van der Waals surface area contributed by atoms with Gasteiger partial charge in [0.15, 0.2) is 0 Å². The van der Waals surface area contributed by atoms with E-state index in [2.05, 4.69) is 20.1 Å². The monoisotopic (exact) mass is 320 g/mol. The van der Waals surface area contributed by atoms with Crippen LogP contribution in [0.1, 0.15) is 18.7 Å². The van der Waals surface area contributed by atoms with Crippen molar-refractivity contribution in [1.82, 2.24) is 14.8 Å². The quantitative estimate of drug-likeness (QED) is 0.398. The van der Waals surface area contributed by atoms with Gasteiger partial charge in [-0.25, -0.2) is 9.67 Å². The third kappa shape index (κ3) is 3.06. The van der Waals surface area contributed by atoms with E-state index in [-0.39, 0.29) is 6.04 Å². The summed E-state index contributed by atoms with van der Waals surface area (Å²) in [4.78, 5) is 7.10. The maximum atomic E-state index is 8.67. The molecule has 7 heteroatoms. The van der Waals surface area contributed by atoms with Gasteiger partial charge < -0.3 is 4.74 Å². The van der Waals surface area contributed by atoms with E-state index in [4.69, 9.17) is 10.3 Å². The molecule has 2 aromatic heterocycles. The van der Waals surface area contributed by atoms with Crippen LogP contribution in [0.15, 0.2) is 59.8 Å². The first-order valence-electron chi connectivity index (χ1n) is 7.43. The van der Waals surface area contributed by atoms with E-state index in [1.807, 2.05) is 49.4 Å². The number of hydrogen-bond acceptors (Lipinski definition) is 4. The molecule has 0 N–H and O–H groups in total. The molecule has 7 nitrogen and oxygen atoms in total. The zero-order valence-electron chi connectivity index (χ0n) is 13.4. The lowest BCUT2D eigenvalue weighted by atomic mass is 10.1. The van der Waals surface area contributed by atoms with Crippen LogP contribution in [0.25, 0.3) is 27.4 Å². The predicted molar refractivity (Wildman–Crippen MR) is 90.9 cm³/mol. The number of aromatic nitrogens is 3. The highest BCUT2D eigenvalue weighted by molar-refractivity contribution is 5.62. The van der Waals surface area contributed by atoms with Crippen molar-refractivity contribution < 1.29 is 4.74 Å². The van der Waals surface area contributed by atoms with E-state index >= 15 is 0 Å². The van der Waals surface area contributed by atoms with E-state index in [0.717, 1.165) is 16.9 Å². The van der Waals surface area contributed by atoms with Crippen LogP contribution in [-0.2, 0) is 0 Å². The highest BCUT2D eigenvalue weighted by Crippen LogP contribution is 2.27. The van der Waals surface area contributed by atoms with Crippen molar-refractivity contribution in [2.75, 3.05) is 7.11 Å². The van der Waals surface area contributed by atoms with Gasteiger partial charge >= 0.3 is 0 Å². The van der Waals surface area contributed by atoms with Gasteiger partial charge in [0.2, 0.25) is 5.88 Å². The number of rotatable bonds is 5. The molecule has 0 aliphatic rings. The molecule has 3 aromatic rings. The van der Waals surface area contributed by atoms with Gasteiger partial charge in [-0.05, 0) is 17.7 Å². The van der Waals surface area contributed by atoms with Crippen molar-refractivity contribution in [2.45, 2.75) is 13.0 Å². The molecule has 1 unspecified atom stereocenters. The molecule has 0 fully saturated rings. The largest absolute Gasteiger partial charge is 0.481 e. The third-order valence-electron chi connectivity index (χ3n) is 3.63. The SMILES string of the molecule is COc1ccc(-n2nc(C(C)N=[N+]=[N-])cc2-c2ccccc2)cn1. The smallest absolute Gasteiger partial charge is 0.213 e. The van der Waals surface area contributed by atoms with Gasteiger partial charge in [0.1, 0.15) is 0 Å². The Morgan fingerprint density at radius 3 is 2.62 bits per heavy atom. The molecule has 2 heterocycles. The summed E-state index contributed by atoms with van der Waals surface area (Å²) in [7, 11) is 1.57. The molecule has 120 valence electrons. The summed E-state index contributed by atoms with van der Waals surface area (Å²) in [5, 5.41) is 8.33. The number of nitrogens with zero attached hydrogens (tertiary/aromatic N) is 6. The molecule has 0 radical (unpaired) electrons. The van der Waals surface area contributed by atoms with Crippen molar-refractivity contribution in [2.24, 2.45) is 5.11 Å². The summed E-state index contributed by atoms with van der Waals surface area (Å²) in [5.74, 6) is 0.537. The van der Waals surface area contributed by atoms with Crippen molar-refractivity contribution in [3.8, 4) is 22.8 Å². The minimum absolute atomic E-state index is 0.357. The average molecular weight is 320 g/mol. The Labute approximate surface area is 139 Å². The molecule has 0 aliphatic heterocycles. The molecule has 0 aliphatic carbocycles. The Hall–Kier alpha value is -3.31. The number of pyridine rings is 1.